The molecule has 0 aromatic heterocycles. The number of nitrogens with zero attached hydrogens (tertiary/aromatic N) is 2. The van der Waals surface area contributed by atoms with E-state index in [1.807, 2.05) is 13.8 Å². The summed E-state index contributed by atoms with van der Waals surface area (Å²) in [6, 6.07) is 8.55. The fourth-order valence-electron chi connectivity index (χ4n) is 3.34. The van der Waals surface area contributed by atoms with Crippen LogP contribution >= 0.6 is 0 Å². The van der Waals surface area contributed by atoms with Crippen LogP contribution in [0.15, 0.2) is 36.4 Å². The number of phenolic OH excluding ortho intramolecular Hbond substituents is 2. The predicted octanol–water partition coefficient (Wildman–Crippen LogP) is 4.60. The van der Waals surface area contributed by atoms with Gasteiger partial charge in [-0.2, -0.15) is 0 Å². The highest BCUT2D eigenvalue weighted by Crippen LogP contribution is 2.42. The van der Waals surface area contributed by atoms with Crippen LogP contribution in [-0.4, -0.2) is 20.1 Å². The molecule has 0 aliphatic heterocycles. The van der Waals surface area contributed by atoms with Crippen molar-refractivity contribution in [2.45, 2.75) is 38.5 Å². The molecular weight excluding hydrogens is 340 g/mol. The molecule has 0 radical (unpaired) electrons. The maximum Gasteiger partial charge on any atom is 0.310 e. The van der Waals surface area contributed by atoms with Gasteiger partial charge in [0.15, 0.2) is 11.5 Å². The molecule has 0 spiro atoms. The van der Waals surface area contributed by atoms with Crippen LogP contribution in [0.3, 0.4) is 0 Å². The highest BCUT2D eigenvalue weighted by molar-refractivity contribution is 5.51. The fourth-order valence-corrected chi connectivity index (χ4v) is 3.34. The van der Waals surface area contributed by atoms with Gasteiger partial charge in [0.25, 0.3) is 0 Å². The van der Waals surface area contributed by atoms with Crippen molar-refractivity contribution in [1.82, 2.24) is 0 Å². The van der Waals surface area contributed by atoms with Crippen molar-refractivity contribution in [3.05, 3.63) is 67.8 Å². The van der Waals surface area contributed by atoms with Crippen LogP contribution in [-0.2, 0) is 0 Å². The number of hydrogen-bond acceptors (Lipinski definition) is 6. The normalized spacial score (nSPS) is 13.2. The number of nitro benzene ring substituents is 2. The average molecular weight is 360 g/mol. The molecule has 0 aliphatic rings. The first-order valence-corrected chi connectivity index (χ1v) is 8.24. The van der Waals surface area contributed by atoms with Crippen molar-refractivity contribution in [3.8, 4) is 11.5 Å². The van der Waals surface area contributed by atoms with Crippen LogP contribution in [0.2, 0.25) is 0 Å². The molecule has 2 N–H and O–H groups in total. The van der Waals surface area contributed by atoms with Crippen LogP contribution in [0.4, 0.5) is 11.4 Å². The van der Waals surface area contributed by atoms with Crippen LogP contribution in [0, 0.1) is 20.2 Å². The van der Waals surface area contributed by atoms with Crippen LogP contribution < -0.4 is 0 Å². The van der Waals surface area contributed by atoms with E-state index in [-0.39, 0.29) is 23.2 Å². The molecule has 0 amide bonds. The zero-order chi connectivity index (χ0) is 19.4. The smallest absolute Gasteiger partial charge is 0.310 e. The van der Waals surface area contributed by atoms with Gasteiger partial charge in [0.2, 0.25) is 0 Å². The van der Waals surface area contributed by atoms with Gasteiger partial charge in [-0.3, -0.25) is 20.2 Å². The van der Waals surface area contributed by atoms with Crippen molar-refractivity contribution >= 4 is 11.4 Å². The standard InChI is InChI=1S/C18H20N2O6/c1-3-13(11-5-7-17(21)15(9-11)19(23)24)14(4-2)12-6-8-18(22)16(10-12)20(25)26/h5-10,13-14,21-22H,3-4H2,1-2H3. The summed E-state index contributed by atoms with van der Waals surface area (Å²) in [6.07, 6.45) is 1.30. The molecule has 0 aliphatic carbocycles. The number of benzene rings is 2. The van der Waals surface area contributed by atoms with E-state index in [0.29, 0.717) is 24.0 Å². The van der Waals surface area contributed by atoms with Crippen molar-refractivity contribution in [2.75, 3.05) is 0 Å². The quantitative estimate of drug-likeness (QED) is 0.548. The number of rotatable bonds is 7. The third-order valence-corrected chi connectivity index (χ3v) is 4.61. The van der Waals surface area contributed by atoms with E-state index in [9.17, 15) is 30.4 Å². The Morgan fingerprint density at radius 1 is 0.808 bits per heavy atom. The summed E-state index contributed by atoms with van der Waals surface area (Å²) in [6.45, 7) is 3.86. The first kappa shape index (κ1) is 19.2. The third kappa shape index (κ3) is 3.74. The topological polar surface area (TPSA) is 127 Å². The Hall–Kier alpha value is -3.16. The van der Waals surface area contributed by atoms with Gasteiger partial charge < -0.3 is 10.2 Å². The summed E-state index contributed by atoms with van der Waals surface area (Å²) in [5.41, 5.74) is 0.624. The van der Waals surface area contributed by atoms with E-state index in [1.54, 1.807) is 12.1 Å². The molecule has 0 saturated heterocycles. The summed E-state index contributed by atoms with van der Waals surface area (Å²) in [5.74, 6) is -1.07. The highest BCUT2D eigenvalue weighted by atomic mass is 16.6. The zero-order valence-corrected chi connectivity index (χ0v) is 14.5. The second kappa shape index (κ2) is 7.81. The van der Waals surface area contributed by atoms with Gasteiger partial charge in [-0.05, 0) is 47.9 Å². The lowest BCUT2D eigenvalue weighted by atomic mass is 9.78. The molecule has 0 heterocycles. The highest BCUT2D eigenvalue weighted by Gasteiger charge is 2.27. The van der Waals surface area contributed by atoms with Gasteiger partial charge in [0.05, 0.1) is 9.85 Å². The van der Waals surface area contributed by atoms with E-state index in [0.717, 1.165) is 0 Å². The summed E-state index contributed by atoms with van der Waals surface area (Å²) >= 11 is 0. The molecule has 2 rings (SSSR count). The SMILES string of the molecule is CCC(c1ccc(O)c([N+](=O)[O-])c1)C(CC)c1ccc(O)c([N+](=O)[O-])c1. The number of phenols is 2. The van der Waals surface area contributed by atoms with E-state index >= 15 is 0 Å². The summed E-state index contributed by atoms with van der Waals surface area (Å²) in [5, 5.41) is 41.5. The van der Waals surface area contributed by atoms with E-state index in [1.165, 1.54) is 24.3 Å². The molecule has 138 valence electrons. The van der Waals surface area contributed by atoms with Gasteiger partial charge in [0.1, 0.15) is 0 Å². The van der Waals surface area contributed by atoms with Crippen molar-refractivity contribution in [2.24, 2.45) is 0 Å². The Labute approximate surface area is 150 Å². The van der Waals surface area contributed by atoms with Gasteiger partial charge in [-0.25, -0.2) is 0 Å². The molecule has 0 fully saturated rings. The fraction of sp³-hybridized carbons (Fsp3) is 0.333. The summed E-state index contributed by atoms with van der Waals surface area (Å²) < 4.78 is 0. The predicted molar refractivity (Wildman–Crippen MR) is 95.6 cm³/mol. The molecule has 26 heavy (non-hydrogen) atoms. The summed E-state index contributed by atoms with van der Waals surface area (Å²) in [7, 11) is 0. The lowest BCUT2D eigenvalue weighted by Crippen LogP contribution is -2.11. The van der Waals surface area contributed by atoms with Gasteiger partial charge >= 0.3 is 11.4 Å². The second-order valence-corrected chi connectivity index (χ2v) is 6.04. The minimum Gasteiger partial charge on any atom is -0.502 e. The van der Waals surface area contributed by atoms with Crippen molar-refractivity contribution in [1.29, 1.82) is 0 Å². The third-order valence-electron chi connectivity index (χ3n) is 4.61. The lowest BCUT2D eigenvalue weighted by Gasteiger charge is -2.26. The largest absolute Gasteiger partial charge is 0.502 e. The van der Waals surface area contributed by atoms with Crippen LogP contribution in [0.1, 0.15) is 49.7 Å². The van der Waals surface area contributed by atoms with E-state index < -0.39 is 21.3 Å². The molecule has 0 bridgehead atoms. The molecule has 8 heteroatoms. The summed E-state index contributed by atoms with van der Waals surface area (Å²) in [4.78, 5) is 20.9. The Kier molecular flexibility index (Phi) is 5.76. The number of nitro groups is 2. The number of aromatic hydroxyl groups is 2. The molecular formula is C18H20N2O6. The first-order valence-electron chi connectivity index (χ1n) is 8.24. The second-order valence-electron chi connectivity index (χ2n) is 6.04. The monoisotopic (exact) mass is 360 g/mol. The number of hydrogen-bond donors (Lipinski definition) is 2. The molecule has 2 aromatic carbocycles. The van der Waals surface area contributed by atoms with E-state index in [2.05, 4.69) is 0 Å². The molecule has 2 atom stereocenters. The van der Waals surface area contributed by atoms with Crippen LogP contribution in [0.25, 0.3) is 0 Å². The zero-order valence-electron chi connectivity index (χ0n) is 14.5. The van der Waals surface area contributed by atoms with Gasteiger partial charge in [-0.1, -0.05) is 26.0 Å². The average Bonchev–Trinajstić information content (AvgIpc) is 2.60. The van der Waals surface area contributed by atoms with Crippen molar-refractivity contribution in [3.63, 3.8) is 0 Å². The van der Waals surface area contributed by atoms with Gasteiger partial charge in [-0.15, -0.1) is 0 Å². The van der Waals surface area contributed by atoms with Crippen LogP contribution in [0.5, 0.6) is 11.5 Å². The lowest BCUT2D eigenvalue weighted by molar-refractivity contribution is -0.386. The maximum atomic E-state index is 11.1. The van der Waals surface area contributed by atoms with Crippen molar-refractivity contribution < 1.29 is 20.1 Å². The van der Waals surface area contributed by atoms with Gasteiger partial charge in [0, 0.05) is 12.1 Å². The first-order chi connectivity index (χ1) is 12.3. The molecule has 0 saturated carbocycles. The molecule has 8 nitrogen and oxygen atoms in total. The van der Waals surface area contributed by atoms with E-state index in [4.69, 9.17) is 0 Å². The Morgan fingerprint density at radius 2 is 1.15 bits per heavy atom. The minimum absolute atomic E-state index is 0.136. The molecule has 2 aromatic rings. The minimum atomic E-state index is -0.641. The molecule has 2 unspecified atom stereocenters. The Morgan fingerprint density at radius 3 is 1.42 bits per heavy atom. The maximum absolute atomic E-state index is 11.1. The Balaban J connectivity index is 2.50. The Bertz CT molecular complexity index is 767.